The van der Waals surface area contributed by atoms with E-state index >= 15 is 0 Å². The minimum Gasteiger partial charge on any atom is -0.301 e. The molecule has 2 rings (SSSR count). The number of rotatable bonds is 0. The van der Waals surface area contributed by atoms with Crippen LogP contribution in [0.15, 0.2) is 0 Å². The molecule has 1 heteroatoms. The molecule has 1 nitrogen and oxygen atoms in total. The van der Waals surface area contributed by atoms with Crippen molar-refractivity contribution in [1.82, 2.24) is 4.90 Å². The smallest absolute Gasteiger partial charge is 0.0209 e. The molecule has 0 radical (unpaired) electrons. The number of hydrogen-bond acceptors (Lipinski definition) is 1. The van der Waals surface area contributed by atoms with Crippen molar-refractivity contribution in [1.29, 1.82) is 0 Å². The average Bonchev–Trinajstić information content (AvgIpc) is 2.46. The van der Waals surface area contributed by atoms with Crippen LogP contribution in [0.5, 0.6) is 0 Å². The van der Waals surface area contributed by atoms with E-state index in [2.05, 4.69) is 18.9 Å². The molecule has 1 saturated heterocycles. The van der Waals surface area contributed by atoms with Crippen LogP contribution in [0, 0.1) is 5.92 Å². The second-order valence-corrected chi connectivity index (χ2v) is 4.60. The summed E-state index contributed by atoms with van der Waals surface area (Å²) in [5.41, 5.74) is 0.652. The van der Waals surface area contributed by atoms with Crippen molar-refractivity contribution in [2.45, 2.75) is 44.6 Å². The van der Waals surface area contributed by atoms with Crippen molar-refractivity contribution < 1.29 is 0 Å². The maximum Gasteiger partial charge on any atom is 0.0209 e. The summed E-state index contributed by atoms with van der Waals surface area (Å²) in [6.45, 7) is 3.74. The Kier molecular flexibility index (Phi) is 1.71. The van der Waals surface area contributed by atoms with Gasteiger partial charge in [-0.1, -0.05) is 6.92 Å². The summed E-state index contributed by atoms with van der Waals surface area (Å²) in [5.74, 6) is 0.982. The van der Waals surface area contributed by atoms with Crippen LogP contribution in [0.3, 0.4) is 0 Å². The molecule has 2 aliphatic rings. The van der Waals surface area contributed by atoms with E-state index in [0.29, 0.717) is 5.54 Å². The van der Waals surface area contributed by atoms with Gasteiger partial charge in [0.25, 0.3) is 0 Å². The molecule has 0 aromatic heterocycles. The molecule has 1 saturated carbocycles. The lowest BCUT2D eigenvalue weighted by atomic mass is 9.93. The lowest BCUT2D eigenvalue weighted by molar-refractivity contribution is 0.175. The molecule has 2 atom stereocenters. The topological polar surface area (TPSA) is 3.24 Å². The van der Waals surface area contributed by atoms with E-state index in [9.17, 15) is 0 Å². The highest BCUT2D eigenvalue weighted by molar-refractivity contribution is 4.99. The van der Waals surface area contributed by atoms with E-state index in [4.69, 9.17) is 0 Å². The maximum absolute atomic E-state index is 2.61. The van der Waals surface area contributed by atoms with Crippen LogP contribution in [0.25, 0.3) is 0 Å². The summed E-state index contributed by atoms with van der Waals surface area (Å²) in [6, 6.07) is 0. The van der Waals surface area contributed by atoms with Crippen LogP contribution in [0.4, 0.5) is 0 Å². The van der Waals surface area contributed by atoms with Crippen LogP contribution in [-0.4, -0.2) is 24.0 Å². The van der Waals surface area contributed by atoms with Crippen molar-refractivity contribution in [2.24, 2.45) is 5.92 Å². The Balaban J connectivity index is 2.10. The SMILES string of the molecule is C[C@@H]1CC[C@@]2(CCCN2C)C1. The van der Waals surface area contributed by atoms with Gasteiger partial charge in [-0.2, -0.15) is 0 Å². The first kappa shape index (κ1) is 7.60. The van der Waals surface area contributed by atoms with Gasteiger partial charge in [0.05, 0.1) is 0 Å². The van der Waals surface area contributed by atoms with Crippen LogP contribution in [0.1, 0.15) is 39.0 Å². The average molecular weight is 153 g/mol. The number of likely N-dealkylation sites (tertiary alicyclic amines) is 1. The highest BCUT2D eigenvalue weighted by atomic mass is 15.2. The molecule has 0 unspecified atom stereocenters. The van der Waals surface area contributed by atoms with E-state index in [0.717, 1.165) is 5.92 Å². The fraction of sp³-hybridized carbons (Fsp3) is 1.00. The number of nitrogens with zero attached hydrogens (tertiary/aromatic N) is 1. The predicted molar refractivity (Wildman–Crippen MR) is 47.6 cm³/mol. The molecule has 0 bridgehead atoms. The highest BCUT2D eigenvalue weighted by Crippen LogP contribution is 2.44. The Morgan fingerprint density at radius 1 is 1.36 bits per heavy atom. The lowest BCUT2D eigenvalue weighted by Crippen LogP contribution is -2.38. The Morgan fingerprint density at radius 3 is 2.64 bits per heavy atom. The summed E-state index contributed by atoms with van der Waals surface area (Å²) in [5, 5.41) is 0. The van der Waals surface area contributed by atoms with Gasteiger partial charge in [0.15, 0.2) is 0 Å². The summed E-state index contributed by atoms with van der Waals surface area (Å²) in [4.78, 5) is 2.61. The third kappa shape index (κ3) is 1.10. The Labute approximate surface area is 69.8 Å². The van der Waals surface area contributed by atoms with Crippen LogP contribution >= 0.6 is 0 Å². The van der Waals surface area contributed by atoms with Crippen LogP contribution in [0.2, 0.25) is 0 Å². The van der Waals surface area contributed by atoms with Gasteiger partial charge in [-0.3, -0.25) is 0 Å². The monoisotopic (exact) mass is 153 g/mol. The molecule has 1 spiro atoms. The molecular formula is C10H19N. The molecule has 0 aromatic rings. The molecular weight excluding hydrogens is 134 g/mol. The van der Waals surface area contributed by atoms with E-state index < -0.39 is 0 Å². The highest BCUT2D eigenvalue weighted by Gasteiger charge is 2.43. The summed E-state index contributed by atoms with van der Waals surface area (Å²) in [6.07, 6.45) is 7.29. The second-order valence-electron chi connectivity index (χ2n) is 4.60. The van der Waals surface area contributed by atoms with Crippen molar-refractivity contribution >= 4 is 0 Å². The predicted octanol–water partition coefficient (Wildman–Crippen LogP) is 2.27. The van der Waals surface area contributed by atoms with Crippen molar-refractivity contribution in [3.8, 4) is 0 Å². The minimum absolute atomic E-state index is 0.652. The van der Waals surface area contributed by atoms with Gasteiger partial charge < -0.3 is 4.90 Å². The van der Waals surface area contributed by atoms with Crippen LogP contribution in [-0.2, 0) is 0 Å². The second kappa shape index (κ2) is 2.48. The normalized spacial score (nSPS) is 45.8. The molecule has 11 heavy (non-hydrogen) atoms. The van der Waals surface area contributed by atoms with Crippen molar-refractivity contribution in [3.05, 3.63) is 0 Å². The molecule has 1 heterocycles. The fourth-order valence-corrected chi connectivity index (χ4v) is 3.01. The Morgan fingerprint density at radius 2 is 2.18 bits per heavy atom. The van der Waals surface area contributed by atoms with E-state index in [1.165, 1.54) is 38.6 Å². The largest absolute Gasteiger partial charge is 0.301 e. The molecule has 2 fully saturated rings. The standard InChI is InChI=1S/C10H19N/c1-9-4-6-10(8-9)5-3-7-11(10)2/h9H,3-8H2,1-2H3/t9-,10+/m1/s1. The lowest BCUT2D eigenvalue weighted by Gasteiger charge is -2.32. The minimum atomic E-state index is 0.652. The quantitative estimate of drug-likeness (QED) is 0.516. The molecule has 0 N–H and O–H groups in total. The first-order chi connectivity index (χ1) is 5.23. The zero-order valence-electron chi connectivity index (χ0n) is 7.77. The zero-order valence-corrected chi connectivity index (χ0v) is 7.77. The summed E-state index contributed by atoms with van der Waals surface area (Å²) in [7, 11) is 2.31. The van der Waals surface area contributed by atoms with E-state index in [1.807, 2.05) is 0 Å². The van der Waals surface area contributed by atoms with Gasteiger partial charge in [-0.15, -0.1) is 0 Å². The first-order valence-electron chi connectivity index (χ1n) is 4.94. The Bertz CT molecular complexity index is 155. The van der Waals surface area contributed by atoms with Crippen molar-refractivity contribution in [3.63, 3.8) is 0 Å². The van der Waals surface area contributed by atoms with Crippen LogP contribution < -0.4 is 0 Å². The third-order valence-corrected chi connectivity index (χ3v) is 3.78. The number of hydrogen-bond donors (Lipinski definition) is 0. The van der Waals surface area contributed by atoms with Gasteiger partial charge >= 0.3 is 0 Å². The Hall–Kier alpha value is -0.0400. The summed E-state index contributed by atoms with van der Waals surface area (Å²) >= 11 is 0. The first-order valence-corrected chi connectivity index (χ1v) is 4.94. The third-order valence-electron chi connectivity index (χ3n) is 3.78. The van der Waals surface area contributed by atoms with Crippen molar-refractivity contribution in [2.75, 3.05) is 13.6 Å². The maximum atomic E-state index is 2.61. The van der Waals surface area contributed by atoms with Gasteiger partial charge in [-0.05, 0) is 51.6 Å². The van der Waals surface area contributed by atoms with E-state index in [-0.39, 0.29) is 0 Å². The fourth-order valence-electron chi connectivity index (χ4n) is 3.01. The molecule has 0 aromatic carbocycles. The van der Waals surface area contributed by atoms with Gasteiger partial charge in [0, 0.05) is 5.54 Å². The molecule has 1 aliphatic carbocycles. The molecule has 0 amide bonds. The molecule has 1 aliphatic heterocycles. The molecule has 64 valence electrons. The van der Waals surface area contributed by atoms with E-state index in [1.54, 1.807) is 0 Å². The zero-order chi connectivity index (χ0) is 7.90. The van der Waals surface area contributed by atoms with Gasteiger partial charge in [0.1, 0.15) is 0 Å². The summed E-state index contributed by atoms with van der Waals surface area (Å²) < 4.78 is 0. The van der Waals surface area contributed by atoms with Gasteiger partial charge in [0.2, 0.25) is 0 Å². The van der Waals surface area contributed by atoms with Gasteiger partial charge in [-0.25, -0.2) is 0 Å².